The molecule has 102 valence electrons. The van der Waals surface area contributed by atoms with Gasteiger partial charge in [0.2, 0.25) is 5.76 Å². The fourth-order valence-electron chi connectivity index (χ4n) is 2.17. The summed E-state index contributed by atoms with van der Waals surface area (Å²) in [5.74, 6) is 1.12. The normalized spacial score (nSPS) is 10.3. The van der Waals surface area contributed by atoms with E-state index in [0.717, 1.165) is 17.2 Å². The molecule has 0 spiro atoms. The summed E-state index contributed by atoms with van der Waals surface area (Å²) < 4.78 is 11.3. The van der Waals surface area contributed by atoms with Gasteiger partial charge < -0.3 is 9.15 Å². The molecule has 0 fully saturated rings. The number of nitriles is 1. The number of hydrogen-bond donors (Lipinski definition) is 0. The minimum atomic E-state index is 0.134. The molecule has 1 aromatic heterocycles. The highest BCUT2D eigenvalue weighted by Crippen LogP contribution is 2.36. The van der Waals surface area contributed by atoms with E-state index in [4.69, 9.17) is 9.15 Å². The number of furan rings is 1. The van der Waals surface area contributed by atoms with E-state index in [0.29, 0.717) is 22.6 Å². The maximum absolute atomic E-state index is 10.8. The van der Waals surface area contributed by atoms with Crippen LogP contribution in [0.4, 0.5) is 0 Å². The second-order valence-corrected chi connectivity index (χ2v) is 4.61. The number of rotatable bonds is 3. The van der Waals surface area contributed by atoms with Crippen LogP contribution in [0.25, 0.3) is 11.0 Å². The summed E-state index contributed by atoms with van der Waals surface area (Å²) >= 11 is 0. The van der Waals surface area contributed by atoms with Gasteiger partial charge in [0.15, 0.2) is 5.75 Å². The second-order valence-electron chi connectivity index (χ2n) is 4.61. The van der Waals surface area contributed by atoms with Crippen molar-refractivity contribution in [3.05, 3.63) is 59.4 Å². The first kappa shape index (κ1) is 12.9. The van der Waals surface area contributed by atoms with Gasteiger partial charge in [0.05, 0.1) is 5.39 Å². The van der Waals surface area contributed by atoms with Gasteiger partial charge in [-0.2, -0.15) is 5.26 Å². The van der Waals surface area contributed by atoms with E-state index in [-0.39, 0.29) is 5.76 Å². The van der Waals surface area contributed by atoms with E-state index in [9.17, 15) is 10.1 Å². The van der Waals surface area contributed by atoms with Gasteiger partial charge in [-0.15, -0.1) is 0 Å². The Morgan fingerprint density at radius 2 is 2.05 bits per heavy atom. The monoisotopic (exact) mass is 277 g/mol. The van der Waals surface area contributed by atoms with Crippen molar-refractivity contribution in [3.63, 3.8) is 0 Å². The molecule has 0 aliphatic carbocycles. The van der Waals surface area contributed by atoms with Gasteiger partial charge in [0, 0.05) is 5.56 Å². The van der Waals surface area contributed by atoms with E-state index in [1.54, 1.807) is 24.3 Å². The Bertz CT molecular complexity index is 871. The third-order valence-electron chi connectivity index (χ3n) is 3.20. The smallest absolute Gasteiger partial charge is 0.247 e. The first-order chi connectivity index (χ1) is 10.2. The van der Waals surface area contributed by atoms with E-state index >= 15 is 0 Å². The Hall–Kier alpha value is -3.06. The summed E-state index contributed by atoms with van der Waals surface area (Å²) in [4.78, 5) is 10.8. The summed E-state index contributed by atoms with van der Waals surface area (Å²) in [7, 11) is 0. The molecule has 0 N–H and O–H groups in total. The minimum absolute atomic E-state index is 0.134. The van der Waals surface area contributed by atoms with Crippen molar-refractivity contribution in [3.8, 4) is 17.6 Å². The van der Waals surface area contributed by atoms with Crippen LogP contribution in [-0.2, 0) is 0 Å². The number of aldehydes is 1. The van der Waals surface area contributed by atoms with Crippen molar-refractivity contribution >= 4 is 17.3 Å². The largest absolute Gasteiger partial charge is 0.452 e. The predicted octanol–water partition coefficient (Wildman–Crippen LogP) is 4.22. The standard InChI is InChI=1S/C17H11NO3/c1-11-8-12(10-19)6-7-14(11)21-17-13-4-2-3-5-15(13)20-16(17)9-18/h2-8,10H,1H3. The number of para-hydroxylation sites is 1. The third kappa shape index (κ3) is 2.26. The molecule has 0 aliphatic heterocycles. The average Bonchev–Trinajstić information content (AvgIpc) is 2.87. The highest BCUT2D eigenvalue weighted by Gasteiger charge is 2.16. The molecule has 1 heterocycles. The van der Waals surface area contributed by atoms with Gasteiger partial charge in [0.25, 0.3) is 0 Å². The Labute approximate surface area is 121 Å². The predicted molar refractivity (Wildman–Crippen MR) is 77.6 cm³/mol. The average molecular weight is 277 g/mol. The molecule has 2 aromatic carbocycles. The van der Waals surface area contributed by atoms with Crippen LogP contribution in [0.2, 0.25) is 0 Å². The van der Waals surface area contributed by atoms with Gasteiger partial charge in [-0.1, -0.05) is 12.1 Å². The molecule has 3 rings (SSSR count). The quantitative estimate of drug-likeness (QED) is 0.672. The van der Waals surface area contributed by atoms with Crippen LogP contribution < -0.4 is 4.74 Å². The van der Waals surface area contributed by atoms with Crippen LogP contribution in [0.3, 0.4) is 0 Å². The Morgan fingerprint density at radius 1 is 1.24 bits per heavy atom. The molecule has 0 amide bonds. The van der Waals surface area contributed by atoms with Crippen molar-refractivity contribution in [2.75, 3.05) is 0 Å². The molecule has 3 aromatic rings. The maximum atomic E-state index is 10.8. The highest BCUT2D eigenvalue weighted by atomic mass is 16.5. The lowest BCUT2D eigenvalue weighted by molar-refractivity contribution is 0.112. The lowest BCUT2D eigenvalue weighted by Crippen LogP contribution is -1.90. The molecule has 0 bridgehead atoms. The van der Waals surface area contributed by atoms with Crippen molar-refractivity contribution in [2.45, 2.75) is 6.92 Å². The van der Waals surface area contributed by atoms with Crippen molar-refractivity contribution in [1.29, 1.82) is 5.26 Å². The molecular weight excluding hydrogens is 266 g/mol. The van der Waals surface area contributed by atoms with Crippen molar-refractivity contribution < 1.29 is 13.9 Å². The number of fused-ring (bicyclic) bond motifs is 1. The Balaban J connectivity index is 2.10. The van der Waals surface area contributed by atoms with Crippen molar-refractivity contribution in [2.24, 2.45) is 0 Å². The number of carbonyl (C=O) groups excluding carboxylic acids is 1. The van der Waals surface area contributed by atoms with E-state index < -0.39 is 0 Å². The topological polar surface area (TPSA) is 63.2 Å². The van der Waals surface area contributed by atoms with Gasteiger partial charge in [-0.3, -0.25) is 4.79 Å². The number of nitrogens with zero attached hydrogens (tertiary/aromatic N) is 1. The van der Waals surface area contributed by atoms with Crippen LogP contribution in [-0.4, -0.2) is 6.29 Å². The number of carbonyl (C=O) groups is 1. The van der Waals surface area contributed by atoms with Gasteiger partial charge in [-0.25, -0.2) is 0 Å². The van der Waals surface area contributed by atoms with Gasteiger partial charge in [-0.05, 0) is 42.8 Å². The fraction of sp³-hybridized carbons (Fsp3) is 0.0588. The molecule has 0 aliphatic rings. The van der Waals surface area contributed by atoms with E-state index in [2.05, 4.69) is 0 Å². The summed E-state index contributed by atoms with van der Waals surface area (Å²) in [6.07, 6.45) is 0.782. The fourth-order valence-corrected chi connectivity index (χ4v) is 2.17. The van der Waals surface area contributed by atoms with E-state index in [1.165, 1.54) is 0 Å². The first-order valence-electron chi connectivity index (χ1n) is 6.38. The summed E-state index contributed by atoms with van der Waals surface area (Å²) in [6, 6.07) is 14.4. The number of ether oxygens (including phenoxy) is 1. The summed E-state index contributed by atoms with van der Waals surface area (Å²) in [6.45, 7) is 1.84. The lowest BCUT2D eigenvalue weighted by atomic mass is 10.1. The molecule has 21 heavy (non-hydrogen) atoms. The number of aryl methyl sites for hydroxylation is 1. The van der Waals surface area contributed by atoms with Gasteiger partial charge >= 0.3 is 0 Å². The SMILES string of the molecule is Cc1cc(C=O)ccc1Oc1c(C#N)oc2ccccc12. The Kier molecular flexibility index (Phi) is 3.17. The van der Waals surface area contributed by atoms with Crippen LogP contribution in [0.5, 0.6) is 11.5 Å². The van der Waals surface area contributed by atoms with Gasteiger partial charge in [0.1, 0.15) is 23.7 Å². The summed E-state index contributed by atoms with van der Waals surface area (Å²) in [5.41, 5.74) is 2.00. The molecular formula is C17H11NO3. The molecule has 4 nitrogen and oxygen atoms in total. The maximum Gasteiger partial charge on any atom is 0.247 e. The van der Waals surface area contributed by atoms with Crippen LogP contribution in [0, 0.1) is 18.3 Å². The van der Waals surface area contributed by atoms with Crippen LogP contribution >= 0.6 is 0 Å². The Morgan fingerprint density at radius 3 is 2.76 bits per heavy atom. The van der Waals surface area contributed by atoms with Crippen molar-refractivity contribution in [1.82, 2.24) is 0 Å². The zero-order valence-electron chi connectivity index (χ0n) is 11.3. The zero-order valence-corrected chi connectivity index (χ0v) is 11.3. The second kappa shape index (κ2) is 5.14. The van der Waals surface area contributed by atoms with E-state index in [1.807, 2.05) is 31.2 Å². The zero-order chi connectivity index (χ0) is 14.8. The number of benzene rings is 2. The van der Waals surface area contributed by atoms with Crippen LogP contribution in [0.1, 0.15) is 21.7 Å². The molecule has 0 atom stereocenters. The number of hydrogen-bond acceptors (Lipinski definition) is 4. The summed E-state index contributed by atoms with van der Waals surface area (Å²) in [5, 5.41) is 9.92. The highest BCUT2D eigenvalue weighted by molar-refractivity contribution is 5.87. The third-order valence-corrected chi connectivity index (χ3v) is 3.20. The lowest BCUT2D eigenvalue weighted by Gasteiger charge is -2.08. The molecule has 0 saturated heterocycles. The minimum Gasteiger partial charge on any atom is -0.452 e. The molecule has 4 heteroatoms. The molecule has 0 radical (unpaired) electrons. The molecule has 0 saturated carbocycles. The van der Waals surface area contributed by atoms with Crippen LogP contribution in [0.15, 0.2) is 46.9 Å². The first-order valence-corrected chi connectivity index (χ1v) is 6.38. The molecule has 0 unspecified atom stereocenters.